The molecule has 1 aromatic heterocycles. The Labute approximate surface area is 132 Å². The zero-order valence-electron chi connectivity index (χ0n) is 12.7. The highest BCUT2D eigenvalue weighted by atomic mass is 19.1. The summed E-state index contributed by atoms with van der Waals surface area (Å²) in [6.45, 7) is 0.390. The zero-order chi connectivity index (χ0) is 16.3. The minimum absolute atomic E-state index is 0.00785. The van der Waals surface area contributed by atoms with Crippen LogP contribution in [0.5, 0.6) is 0 Å². The molecule has 0 unspecified atom stereocenters. The molecule has 0 aliphatic heterocycles. The maximum atomic E-state index is 14.2. The molecule has 122 valence electrons. The van der Waals surface area contributed by atoms with Crippen LogP contribution >= 0.6 is 0 Å². The summed E-state index contributed by atoms with van der Waals surface area (Å²) in [6.07, 6.45) is 3.75. The van der Waals surface area contributed by atoms with Gasteiger partial charge in [0.15, 0.2) is 0 Å². The first-order valence-electron chi connectivity index (χ1n) is 7.74. The molecule has 1 aliphatic carbocycles. The highest BCUT2D eigenvalue weighted by molar-refractivity contribution is 5.77. The van der Waals surface area contributed by atoms with E-state index in [9.17, 15) is 14.0 Å². The molecule has 0 spiro atoms. The number of rotatable bonds is 5. The average molecular weight is 318 g/mol. The predicted octanol–water partition coefficient (Wildman–Crippen LogP) is 1.41. The minimum Gasteiger partial charge on any atom is -0.355 e. The number of nitrogens with one attached hydrogen (secondary N) is 3. The molecule has 0 radical (unpaired) electrons. The number of benzene rings is 1. The molecule has 0 saturated heterocycles. The van der Waals surface area contributed by atoms with E-state index in [4.69, 9.17) is 0 Å². The van der Waals surface area contributed by atoms with E-state index < -0.39 is 5.69 Å². The first-order valence-corrected chi connectivity index (χ1v) is 7.74. The quantitative estimate of drug-likeness (QED) is 0.778. The van der Waals surface area contributed by atoms with E-state index in [1.165, 1.54) is 6.07 Å². The molecule has 1 heterocycles. The fourth-order valence-corrected chi connectivity index (χ4v) is 3.36. The maximum Gasteiger partial charge on any atom is 0.340 e. The number of carbonyl (C=O) groups is 1. The normalized spacial score (nSPS) is 16.4. The van der Waals surface area contributed by atoms with Gasteiger partial charge in [0.2, 0.25) is 5.91 Å². The Bertz CT molecular complexity index is 746. The number of nitrogens with zero attached hydrogens (tertiary/aromatic N) is 1. The number of H-pyrrole nitrogens is 2. The molecule has 7 heteroatoms. The number of hydrogen-bond acceptors (Lipinski definition) is 3. The molecule has 2 aromatic rings. The van der Waals surface area contributed by atoms with Crippen LogP contribution in [-0.4, -0.2) is 27.6 Å². The smallest absolute Gasteiger partial charge is 0.340 e. The number of halogens is 1. The lowest BCUT2D eigenvalue weighted by molar-refractivity contribution is -0.120. The number of amides is 1. The summed E-state index contributed by atoms with van der Waals surface area (Å²) < 4.78 is 14.2. The summed E-state index contributed by atoms with van der Waals surface area (Å²) in [7, 11) is 0. The van der Waals surface area contributed by atoms with E-state index in [0.717, 1.165) is 25.7 Å². The van der Waals surface area contributed by atoms with Gasteiger partial charge in [0.1, 0.15) is 11.6 Å². The van der Waals surface area contributed by atoms with Gasteiger partial charge in [-0.3, -0.25) is 9.78 Å². The van der Waals surface area contributed by atoms with Crippen molar-refractivity contribution in [2.75, 3.05) is 6.54 Å². The van der Waals surface area contributed by atoms with Crippen molar-refractivity contribution in [1.29, 1.82) is 0 Å². The van der Waals surface area contributed by atoms with E-state index >= 15 is 0 Å². The average Bonchev–Trinajstić information content (AvgIpc) is 3.16. The monoisotopic (exact) mass is 318 g/mol. The van der Waals surface area contributed by atoms with Crippen LogP contribution in [0.3, 0.4) is 0 Å². The number of hydrogen-bond donors (Lipinski definition) is 3. The van der Waals surface area contributed by atoms with Gasteiger partial charge in [0, 0.05) is 12.0 Å². The molecule has 23 heavy (non-hydrogen) atoms. The summed E-state index contributed by atoms with van der Waals surface area (Å²) >= 11 is 0. The molecule has 3 rings (SSSR count). The van der Waals surface area contributed by atoms with E-state index in [1.807, 2.05) is 6.07 Å². The van der Waals surface area contributed by atoms with Gasteiger partial charge in [-0.05, 0) is 24.5 Å². The molecule has 0 atom stereocenters. The van der Waals surface area contributed by atoms with Crippen LogP contribution in [0.15, 0.2) is 29.1 Å². The van der Waals surface area contributed by atoms with Gasteiger partial charge in [0.05, 0.1) is 6.42 Å². The third-order valence-corrected chi connectivity index (χ3v) is 4.51. The van der Waals surface area contributed by atoms with Gasteiger partial charge in [0.25, 0.3) is 0 Å². The predicted molar refractivity (Wildman–Crippen MR) is 82.5 cm³/mol. The van der Waals surface area contributed by atoms with Gasteiger partial charge in [-0.2, -0.15) is 5.10 Å². The Kier molecular flexibility index (Phi) is 4.27. The molecule has 3 N–H and O–H groups in total. The van der Waals surface area contributed by atoms with E-state index in [-0.39, 0.29) is 23.6 Å². The molecule has 1 amide bonds. The van der Waals surface area contributed by atoms with Crippen molar-refractivity contribution in [3.63, 3.8) is 0 Å². The van der Waals surface area contributed by atoms with Gasteiger partial charge in [-0.15, -0.1) is 0 Å². The zero-order valence-corrected chi connectivity index (χ0v) is 12.7. The first-order chi connectivity index (χ1) is 11.1. The van der Waals surface area contributed by atoms with Crippen molar-refractivity contribution in [2.45, 2.75) is 37.5 Å². The van der Waals surface area contributed by atoms with Crippen molar-refractivity contribution in [3.05, 3.63) is 52.0 Å². The molecule has 6 nitrogen and oxygen atoms in total. The van der Waals surface area contributed by atoms with Crippen LogP contribution in [-0.2, 0) is 16.6 Å². The number of aromatic amines is 2. The van der Waals surface area contributed by atoms with Crippen molar-refractivity contribution >= 4 is 5.91 Å². The third-order valence-electron chi connectivity index (χ3n) is 4.51. The summed E-state index contributed by atoms with van der Waals surface area (Å²) in [5.41, 5.74) is -0.114. The SMILES string of the molecule is O=C(Cc1n[nH]c(=O)[nH]1)NCC1(c2ccccc2F)CCCC1. The lowest BCUT2D eigenvalue weighted by Gasteiger charge is -2.30. The highest BCUT2D eigenvalue weighted by Gasteiger charge is 2.37. The third kappa shape index (κ3) is 3.33. The van der Waals surface area contributed by atoms with Gasteiger partial charge < -0.3 is 5.32 Å². The maximum absolute atomic E-state index is 14.2. The lowest BCUT2D eigenvalue weighted by atomic mass is 9.78. The molecule has 1 aliphatic rings. The number of carbonyl (C=O) groups excluding carboxylic acids is 1. The fourth-order valence-electron chi connectivity index (χ4n) is 3.36. The van der Waals surface area contributed by atoms with Crippen molar-refractivity contribution in [2.24, 2.45) is 0 Å². The van der Waals surface area contributed by atoms with Gasteiger partial charge in [-0.1, -0.05) is 31.0 Å². The highest BCUT2D eigenvalue weighted by Crippen LogP contribution is 2.41. The second-order valence-corrected chi connectivity index (χ2v) is 6.05. The topological polar surface area (TPSA) is 90.6 Å². The Hall–Kier alpha value is -2.44. The molecular weight excluding hydrogens is 299 g/mol. The molecule has 1 saturated carbocycles. The minimum atomic E-state index is -0.439. The van der Waals surface area contributed by atoms with E-state index in [2.05, 4.69) is 20.5 Å². The van der Waals surface area contributed by atoms with Crippen LogP contribution in [0.1, 0.15) is 37.1 Å². The second-order valence-electron chi connectivity index (χ2n) is 6.05. The fraction of sp³-hybridized carbons (Fsp3) is 0.438. The van der Waals surface area contributed by atoms with Gasteiger partial charge in [-0.25, -0.2) is 14.3 Å². The Morgan fingerprint density at radius 1 is 1.30 bits per heavy atom. The van der Waals surface area contributed by atoms with Crippen molar-refractivity contribution in [1.82, 2.24) is 20.5 Å². The first kappa shape index (κ1) is 15.5. The van der Waals surface area contributed by atoms with E-state index in [1.54, 1.807) is 12.1 Å². The summed E-state index contributed by atoms with van der Waals surface area (Å²) in [6, 6.07) is 6.77. The molecular formula is C16H19FN4O2. The Balaban J connectivity index is 1.70. The van der Waals surface area contributed by atoms with Crippen molar-refractivity contribution < 1.29 is 9.18 Å². The van der Waals surface area contributed by atoms with Crippen LogP contribution in [0.4, 0.5) is 4.39 Å². The Morgan fingerprint density at radius 2 is 2.04 bits per heavy atom. The molecule has 0 bridgehead atoms. The molecule has 1 aromatic carbocycles. The van der Waals surface area contributed by atoms with Crippen LogP contribution < -0.4 is 11.0 Å². The standard InChI is InChI=1S/C16H19FN4O2/c17-12-6-2-1-5-11(12)16(7-3-4-8-16)10-18-14(22)9-13-19-15(23)21-20-13/h1-2,5-6H,3-4,7-10H2,(H,18,22)(H2,19,20,21,23). The summed E-state index contributed by atoms with van der Waals surface area (Å²) in [4.78, 5) is 25.5. The van der Waals surface area contributed by atoms with Crippen LogP contribution in [0.2, 0.25) is 0 Å². The lowest BCUT2D eigenvalue weighted by Crippen LogP contribution is -2.40. The molecule has 1 fully saturated rings. The van der Waals surface area contributed by atoms with Gasteiger partial charge >= 0.3 is 5.69 Å². The number of aromatic nitrogens is 3. The van der Waals surface area contributed by atoms with E-state index in [0.29, 0.717) is 17.9 Å². The Morgan fingerprint density at radius 3 is 2.70 bits per heavy atom. The second kappa shape index (κ2) is 6.36. The van der Waals surface area contributed by atoms with Crippen LogP contribution in [0.25, 0.3) is 0 Å². The van der Waals surface area contributed by atoms with Crippen LogP contribution in [0, 0.1) is 5.82 Å². The summed E-state index contributed by atoms with van der Waals surface area (Å²) in [5.74, 6) is -0.172. The summed E-state index contributed by atoms with van der Waals surface area (Å²) in [5, 5.41) is 8.80. The largest absolute Gasteiger partial charge is 0.355 e. The van der Waals surface area contributed by atoms with Crippen molar-refractivity contribution in [3.8, 4) is 0 Å².